The van der Waals surface area contributed by atoms with Crippen molar-refractivity contribution in [3.8, 4) is 0 Å². The standard InChI is InChI=1S/C8H17N5O3S/c9-12-10-3-1-2-4-11-17(14,15)13-5-7-16-8-6-13/h11H,1-8H2. The average molecular weight is 263 g/mol. The Balaban J connectivity index is 2.22. The minimum absolute atomic E-state index is 0.362. The summed E-state index contributed by atoms with van der Waals surface area (Å²) in [6.07, 6.45) is 1.33. The molecule has 1 fully saturated rings. The topological polar surface area (TPSA) is 107 Å². The molecule has 0 amide bonds. The van der Waals surface area contributed by atoms with Gasteiger partial charge in [0.1, 0.15) is 0 Å². The molecule has 1 N–H and O–H groups in total. The van der Waals surface area contributed by atoms with Crippen LogP contribution in [0.5, 0.6) is 0 Å². The zero-order valence-electron chi connectivity index (χ0n) is 9.58. The van der Waals surface area contributed by atoms with Gasteiger partial charge in [0, 0.05) is 31.1 Å². The summed E-state index contributed by atoms with van der Waals surface area (Å²) in [6.45, 7) is 2.44. The molecule has 98 valence electrons. The monoisotopic (exact) mass is 263 g/mol. The Labute approximate surface area is 101 Å². The molecule has 1 saturated heterocycles. The molecular formula is C8H17N5O3S. The van der Waals surface area contributed by atoms with Crippen LogP contribution in [0.3, 0.4) is 0 Å². The van der Waals surface area contributed by atoms with Crippen molar-refractivity contribution < 1.29 is 13.2 Å². The minimum atomic E-state index is -3.38. The van der Waals surface area contributed by atoms with Crippen LogP contribution < -0.4 is 4.72 Å². The second-order valence-electron chi connectivity index (χ2n) is 3.57. The average Bonchev–Trinajstić information content (AvgIpc) is 2.35. The first-order valence-electron chi connectivity index (χ1n) is 5.50. The van der Waals surface area contributed by atoms with Gasteiger partial charge in [0.15, 0.2) is 0 Å². The zero-order chi connectivity index (χ0) is 12.6. The normalized spacial score (nSPS) is 17.6. The fourth-order valence-electron chi connectivity index (χ4n) is 1.43. The summed E-state index contributed by atoms with van der Waals surface area (Å²) in [4.78, 5) is 2.62. The van der Waals surface area contributed by atoms with Gasteiger partial charge in [0.05, 0.1) is 13.2 Å². The molecule has 0 atom stereocenters. The summed E-state index contributed by atoms with van der Waals surface area (Å²) in [7, 11) is -3.38. The summed E-state index contributed by atoms with van der Waals surface area (Å²) in [5.41, 5.74) is 8.05. The van der Waals surface area contributed by atoms with Gasteiger partial charge in [-0.15, -0.1) is 0 Å². The molecule has 0 spiro atoms. The predicted octanol–water partition coefficient (Wildman–Crippen LogP) is 0.243. The van der Waals surface area contributed by atoms with Gasteiger partial charge in [0.25, 0.3) is 10.2 Å². The van der Waals surface area contributed by atoms with Crippen LogP contribution in [-0.4, -0.2) is 52.1 Å². The summed E-state index contributed by atoms with van der Waals surface area (Å²) in [5.74, 6) is 0. The largest absolute Gasteiger partial charge is 0.379 e. The third-order valence-electron chi connectivity index (χ3n) is 2.34. The van der Waals surface area contributed by atoms with Crippen LogP contribution >= 0.6 is 0 Å². The van der Waals surface area contributed by atoms with Crippen molar-refractivity contribution in [1.82, 2.24) is 9.03 Å². The molecule has 9 heteroatoms. The van der Waals surface area contributed by atoms with Gasteiger partial charge in [-0.25, -0.2) is 4.72 Å². The first-order chi connectivity index (χ1) is 8.17. The van der Waals surface area contributed by atoms with Gasteiger partial charge in [-0.3, -0.25) is 0 Å². The number of nitrogens with zero attached hydrogens (tertiary/aromatic N) is 4. The highest BCUT2D eigenvalue weighted by Crippen LogP contribution is 2.02. The summed E-state index contributed by atoms with van der Waals surface area (Å²) in [6, 6.07) is 0. The number of hydrogen-bond donors (Lipinski definition) is 1. The lowest BCUT2D eigenvalue weighted by atomic mass is 10.3. The van der Waals surface area contributed by atoms with Crippen LogP contribution in [0, 0.1) is 0 Å². The summed E-state index contributed by atoms with van der Waals surface area (Å²) in [5, 5.41) is 3.37. The molecule has 0 aliphatic carbocycles. The fourth-order valence-corrected chi connectivity index (χ4v) is 2.65. The van der Waals surface area contributed by atoms with Crippen molar-refractivity contribution in [2.45, 2.75) is 12.8 Å². The van der Waals surface area contributed by atoms with Crippen LogP contribution in [0.2, 0.25) is 0 Å². The van der Waals surface area contributed by atoms with E-state index in [0.717, 1.165) is 0 Å². The number of hydrogen-bond acceptors (Lipinski definition) is 4. The van der Waals surface area contributed by atoms with Gasteiger partial charge in [-0.2, -0.15) is 12.7 Å². The van der Waals surface area contributed by atoms with Crippen molar-refractivity contribution >= 4 is 10.2 Å². The number of azide groups is 1. The van der Waals surface area contributed by atoms with E-state index in [-0.39, 0.29) is 0 Å². The maximum absolute atomic E-state index is 11.8. The van der Waals surface area contributed by atoms with E-state index in [1.165, 1.54) is 4.31 Å². The maximum Gasteiger partial charge on any atom is 0.279 e. The molecule has 0 saturated carbocycles. The highest BCUT2D eigenvalue weighted by Gasteiger charge is 2.23. The van der Waals surface area contributed by atoms with Crippen LogP contribution in [0.25, 0.3) is 10.4 Å². The molecule has 1 heterocycles. The number of nitrogens with one attached hydrogen (secondary N) is 1. The van der Waals surface area contributed by atoms with E-state index < -0.39 is 10.2 Å². The van der Waals surface area contributed by atoms with Gasteiger partial charge in [-0.05, 0) is 18.4 Å². The van der Waals surface area contributed by atoms with Gasteiger partial charge < -0.3 is 4.74 Å². The Bertz CT molecular complexity index is 359. The van der Waals surface area contributed by atoms with Crippen molar-refractivity contribution in [3.63, 3.8) is 0 Å². The zero-order valence-corrected chi connectivity index (χ0v) is 10.4. The maximum atomic E-state index is 11.8. The van der Waals surface area contributed by atoms with E-state index >= 15 is 0 Å². The lowest BCUT2D eigenvalue weighted by molar-refractivity contribution is 0.0725. The third-order valence-corrected chi connectivity index (χ3v) is 3.96. The smallest absolute Gasteiger partial charge is 0.279 e. The number of morpholine rings is 1. The highest BCUT2D eigenvalue weighted by atomic mass is 32.2. The minimum Gasteiger partial charge on any atom is -0.379 e. The first-order valence-corrected chi connectivity index (χ1v) is 6.94. The molecule has 17 heavy (non-hydrogen) atoms. The van der Waals surface area contributed by atoms with E-state index in [2.05, 4.69) is 14.7 Å². The van der Waals surface area contributed by atoms with Crippen molar-refractivity contribution in [2.75, 3.05) is 39.4 Å². The molecule has 0 aromatic rings. The Morgan fingerprint density at radius 2 is 2.06 bits per heavy atom. The summed E-state index contributed by atoms with van der Waals surface area (Å²) < 4.78 is 32.5. The van der Waals surface area contributed by atoms with Gasteiger partial charge >= 0.3 is 0 Å². The molecule has 0 bridgehead atoms. The molecule has 8 nitrogen and oxygen atoms in total. The Hall–Kier alpha value is -0.860. The van der Waals surface area contributed by atoms with Crippen LogP contribution in [-0.2, 0) is 14.9 Å². The quantitative estimate of drug-likeness (QED) is 0.307. The summed E-state index contributed by atoms with van der Waals surface area (Å²) >= 11 is 0. The van der Waals surface area contributed by atoms with Crippen molar-refractivity contribution in [2.24, 2.45) is 5.11 Å². The molecule has 0 aromatic carbocycles. The van der Waals surface area contributed by atoms with Crippen LogP contribution in [0.1, 0.15) is 12.8 Å². The second-order valence-corrected chi connectivity index (χ2v) is 5.33. The predicted molar refractivity (Wildman–Crippen MR) is 62.6 cm³/mol. The molecule has 0 radical (unpaired) electrons. The van der Waals surface area contributed by atoms with Crippen molar-refractivity contribution in [1.29, 1.82) is 0 Å². The van der Waals surface area contributed by atoms with E-state index in [4.69, 9.17) is 10.3 Å². The van der Waals surface area contributed by atoms with Gasteiger partial charge in [-0.1, -0.05) is 5.11 Å². The Morgan fingerprint density at radius 1 is 1.35 bits per heavy atom. The van der Waals surface area contributed by atoms with E-state index in [1.807, 2.05) is 0 Å². The lowest BCUT2D eigenvalue weighted by Crippen LogP contribution is -2.46. The highest BCUT2D eigenvalue weighted by molar-refractivity contribution is 7.87. The van der Waals surface area contributed by atoms with Crippen LogP contribution in [0.15, 0.2) is 5.11 Å². The second kappa shape index (κ2) is 7.46. The number of unbranched alkanes of at least 4 members (excludes halogenated alkanes) is 1. The lowest BCUT2D eigenvalue weighted by Gasteiger charge is -2.26. The van der Waals surface area contributed by atoms with E-state index in [1.54, 1.807) is 0 Å². The molecule has 1 rings (SSSR count). The SMILES string of the molecule is [N-]=[N+]=NCCCCNS(=O)(=O)N1CCOCC1. The first kappa shape index (κ1) is 14.2. The third kappa shape index (κ3) is 5.33. The molecule has 0 aromatic heterocycles. The van der Waals surface area contributed by atoms with Crippen LogP contribution in [0.4, 0.5) is 0 Å². The van der Waals surface area contributed by atoms with E-state index in [9.17, 15) is 8.42 Å². The Kier molecular flexibility index (Phi) is 6.23. The number of rotatable bonds is 7. The molecule has 1 aliphatic rings. The molecular weight excluding hydrogens is 246 g/mol. The number of ether oxygens (including phenoxy) is 1. The van der Waals surface area contributed by atoms with E-state index in [0.29, 0.717) is 52.2 Å². The van der Waals surface area contributed by atoms with Crippen molar-refractivity contribution in [3.05, 3.63) is 10.4 Å². The molecule has 0 unspecified atom stereocenters. The fraction of sp³-hybridized carbons (Fsp3) is 1.00. The molecule has 1 aliphatic heterocycles. The van der Waals surface area contributed by atoms with Gasteiger partial charge in [0.2, 0.25) is 0 Å². The Morgan fingerprint density at radius 3 is 2.71 bits per heavy atom.